The van der Waals surface area contributed by atoms with Crippen LogP contribution in [0.2, 0.25) is 0 Å². The third-order valence-corrected chi connectivity index (χ3v) is 4.14. The van der Waals surface area contributed by atoms with Crippen LogP contribution in [0.25, 0.3) is 0 Å². The van der Waals surface area contributed by atoms with Crippen LogP contribution in [0, 0.1) is 13.8 Å². The summed E-state index contributed by atoms with van der Waals surface area (Å²) in [4.78, 5) is 25.0. The molecule has 1 saturated heterocycles. The van der Waals surface area contributed by atoms with Gasteiger partial charge in [0.2, 0.25) is 0 Å². The van der Waals surface area contributed by atoms with Gasteiger partial charge < -0.3 is 10.0 Å². The first-order valence-corrected chi connectivity index (χ1v) is 6.85. The van der Waals surface area contributed by atoms with Crippen molar-refractivity contribution in [2.45, 2.75) is 19.9 Å². The highest BCUT2D eigenvalue weighted by molar-refractivity contribution is 7.99. The van der Waals surface area contributed by atoms with Crippen molar-refractivity contribution in [1.82, 2.24) is 4.90 Å². The summed E-state index contributed by atoms with van der Waals surface area (Å²) in [5, 5.41) is 9.11. The van der Waals surface area contributed by atoms with E-state index in [2.05, 4.69) is 0 Å². The van der Waals surface area contributed by atoms with Crippen molar-refractivity contribution in [1.29, 1.82) is 0 Å². The number of aliphatic carboxylic acids is 1. The topological polar surface area (TPSA) is 57.6 Å². The number of aryl methyl sites for hydroxylation is 2. The predicted molar refractivity (Wildman–Crippen MR) is 70.8 cm³/mol. The van der Waals surface area contributed by atoms with Crippen LogP contribution in [0.1, 0.15) is 21.5 Å². The molecule has 0 spiro atoms. The quantitative estimate of drug-likeness (QED) is 0.887. The fourth-order valence-corrected chi connectivity index (χ4v) is 3.29. The number of carboxylic acids is 1. The fraction of sp³-hybridized carbons (Fsp3) is 0.385. The van der Waals surface area contributed by atoms with Gasteiger partial charge in [-0.25, -0.2) is 4.79 Å². The molecular weight excluding hydrogens is 250 g/mol. The smallest absolute Gasteiger partial charge is 0.327 e. The standard InChI is InChI=1S/C13H15NO3S/c1-8-4-3-5-9(2)11(8)12(15)14-7-18-6-10(14)13(16)17/h3-5,10H,6-7H2,1-2H3,(H,16,17). The van der Waals surface area contributed by atoms with Crippen LogP contribution in [-0.4, -0.2) is 39.6 Å². The van der Waals surface area contributed by atoms with Gasteiger partial charge in [0.1, 0.15) is 6.04 Å². The van der Waals surface area contributed by atoms with Crippen LogP contribution in [0.15, 0.2) is 18.2 Å². The van der Waals surface area contributed by atoms with E-state index in [0.29, 0.717) is 17.2 Å². The second kappa shape index (κ2) is 5.02. The average Bonchev–Trinajstić information content (AvgIpc) is 2.77. The lowest BCUT2D eigenvalue weighted by Gasteiger charge is -2.22. The Kier molecular flexibility index (Phi) is 3.61. The minimum atomic E-state index is -0.931. The van der Waals surface area contributed by atoms with Gasteiger partial charge in [0.25, 0.3) is 5.91 Å². The Morgan fingerprint density at radius 2 is 1.94 bits per heavy atom. The van der Waals surface area contributed by atoms with Crippen LogP contribution in [0.4, 0.5) is 0 Å². The van der Waals surface area contributed by atoms with Crippen molar-refractivity contribution in [3.8, 4) is 0 Å². The van der Waals surface area contributed by atoms with Crippen LogP contribution in [0.5, 0.6) is 0 Å². The molecule has 5 heteroatoms. The van der Waals surface area contributed by atoms with E-state index in [-0.39, 0.29) is 5.91 Å². The summed E-state index contributed by atoms with van der Waals surface area (Å²) in [6.07, 6.45) is 0. The van der Waals surface area contributed by atoms with Crippen molar-refractivity contribution in [3.05, 3.63) is 34.9 Å². The van der Waals surface area contributed by atoms with Crippen molar-refractivity contribution in [2.24, 2.45) is 0 Å². The summed E-state index contributed by atoms with van der Waals surface area (Å²) in [6, 6.07) is 4.94. The summed E-state index contributed by atoms with van der Waals surface area (Å²) in [5.41, 5.74) is 2.41. The maximum absolute atomic E-state index is 12.5. The van der Waals surface area contributed by atoms with E-state index < -0.39 is 12.0 Å². The first kappa shape index (κ1) is 13.0. The highest BCUT2D eigenvalue weighted by Crippen LogP contribution is 2.25. The molecule has 1 aromatic carbocycles. The van der Waals surface area contributed by atoms with Gasteiger partial charge in [-0.2, -0.15) is 0 Å². The van der Waals surface area contributed by atoms with E-state index in [1.807, 2.05) is 32.0 Å². The summed E-state index contributed by atoms with van der Waals surface area (Å²) in [6.45, 7) is 3.75. The number of benzene rings is 1. The van der Waals surface area contributed by atoms with Gasteiger partial charge in [-0.05, 0) is 25.0 Å². The Labute approximate surface area is 110 Å². The molecule has 96 valence electrons. The van der Waals surface area contributed by atoms with Gasteiger partial charge in [0.15, 0.2) is 0 Å². The number of carbonyl (C=O) groups is 2. The molecule has 4 nitrogen and oxygen atoms in total. The number of hydrogen-bond donors (Lipinski definition) is 1. The number of hydrogen-bond acceptors (Lipinski definition) is 3. The summed E-state index contributed by atoms with van der Waals surface area (Å²) >= 11 is 1.48. The molecule has 1 amide bonds. The summed E-state index contributed by atoms with van der Waals surface area (Å²) in [5.74, 6) is -0.196. The second-order valence-electron chi connectivity index (χ2n) is 4.40. The van der Waals surface area contributed by atoms with Gasteiger partial charge in [0.05, 0.1) is 5.88 Å². The molecular formula is C13H15NO3S. The number of nitrogens with zero attached hydrogens (tertiary/aromatic N) is 1. The van der Waals surface area contributed by atoms with Crippen LogP contribution in [-0.2, 0) is 4.79 Å². The zero-order chi connectivity index (χ0) is 13.3. The second-order valence-corrected chi connectivity index (χ2v) is 5.40. The largest absolute Gasteiger partial charge is 0.480 e. The molecule has 0 saturated carbocycles. The Hall–Kier alpha value is -1.49. The van der Waals surface area contributed by atoms with Crippen molar-refractivity contribution >= 4 is 23.6 Å². The lowest BCUT2D eigenvalue weighted by Crippen LogP contribution is -2.42. The normalized spacial score (nSPS) is 19.0. The van der Waals surface area contributed by atoms with Gasteiger partial charge in [-0.15, -0.1) is 11.8 Å². The van der Waals surface area contributed by atoms with Crippen LogP contribution in [0.3, 0.4) is 0 Å². The van der Waals surface area contributed by atoms with Gasteiger partial charge in [-0.3, -0.25) is 4.79 Å². The van der Waals surface area contributed by atoms with Crippen molar-refractivity contribution in [2.75, 3.05) is 11.6 Å². The highest BCUT2D eigenvalue weighted by Gasteiger charge is 2.35. The van der Waals surface area contributed by atoms with Crippen LogP contribution >= 0.6 is 11.8 Å². The van der Waals surface area contributed by atoms with Gasteiger partial charge in [0, 0.05) is 11.3 Å². The Bertz CT molecular complexity index is 481. The van der Waals surface area contributed by atoms with Gasteiger partial charge in [-0.1, -0.05) is 18.2 Å². The Morgan fingerprint density at radius 3 is 2.50 bits per heavy atom. The van der Waals surface area contributed by atoms with Crippen LogP contribution < -0.4 is 0 Å². The molecule has 1 fully saturated rings. The zero-order valence-corrected chi connectivity index (χ0v) is 11.2. The molecule has 0 aromatic heterocycles. The highest BCUT2D eigenvalue weighted by atomic mass is 32.2. The van der Waals surface area contributed by atoms with E-state index >= 15 is 0 Å². The van der Waals surface area contributed by atoms with Crippen molar-refractivity contribution < 1.29 is 14.7 Å². The number of amides is 1. The summed E-state index contributed by atoms with van der Waals surface area (Å²) < 4.78 is 0. The molecule has 0 radical (unpaired) electrons. The molecule has 1 heterocycles. The molecule has 18 heavy (non-hydrogen) atoms. The molecule has 0 aliphatic carbocycles. The molecule has 2 rings (SSSR count). The SMILES string of the molecule is Cc1cccc(C)c1C(=O)N1CSCC1C(=O)O. The zero-order valence-electron chi connectivity index (χ0n) is 10.3. The van der Waals surface area contributed by atoms with E-state index in [9.17, 15) is 9.59 Å². The third kappa shape index (κ3) is 2.22. The Morgan fingerprint density at radius 1 is 1.33 bits per heavy atom. The first-order valence-electron chi connectivity index (χ1n) is 5.70. The number of carboxylic acid groups (broad SMARTS) is 1. The average molecular weight is 265 g/mol. The fourth-order valence-electron chi connectivity index (χ4n) is 2.14. The predicted octanol–water partition coefficient (Wildman–Crippen LogP) is 1.90. The molecule has 1 atom stereocenters. The van der Waals surface area contributed by atoms with E-state index in [1.54, 1.807) is 0 Å². The van der Waals surface area contributed by atoms with E-state index in [1.165, 1.54) is 16.7 Å². The molecule has 1 aromatic rings. The number of rotatable bonds is 2. The monoisotopic (exact) mass is 265 g/mol. The summed E-state index contributed by atoms with van der Waals surface area (Å²) in [7, 11) is 0. The van der Waals surface area contributed by atoms with Gasteiger partial charge >= 0.3 is 5.97 Å². The maximum atomic E-state index is 12.5. The minimum absolute atomic E-state index is 0.178. The maximum Gasteiger partial charge on any atom is 0.327 e. The molecule has 0 bridgehead atoms. The third-order valence-electron chi connectivity index (χ3n) is 3.12. The Balaban J connectivity index is 2.34. The van der Waals surface area contributed by atoms with E-state index in [4.69, 9.17) is 5.11 Å². The number of carbonyl (C=O) groups excluding carboxylic acids is 1. The van der Waals surface area contributed by atoms with Crippen molar-refractivity contribution in [3.63, 3.8) is 0 Å². The molecule has 1 aliphatic heterocycles. The number of thioether (sulfide) groups is 1. The molecule has 1 aliphatic rings. The lowest BCUT2D eigenvalue weighted by atomic mass is 10.0. The first-order chi connectivity index (χ1) is 8.52. The molecule has 1 N–H and O–H groups in total. The van der Waals surface area contributed by atoms with E-state index in [0.717, 1.165) is 11.1 Å². The molecule has 1 unspecified atom stereocenters. The minimum Gasteiger partial charge on any atom is -0.480 e. The lowest BCUT2D eigenvalue weighted by molar-refractivity contribution is -0.140.